The van der Waals surface area contributed by atoms with Crippen LogP contribution in [0.25, 0.3) is 22.3 Å². The van der Waals surface area contributed by atoms with Gasteiger partial charge in [0.2, 0.25) is 0 Å². The molecular weight excluding hydrogens is 937 g/mol. The Morgan fingerprint density at radius 3 is 1.55 bits per heavy atom. The minimum absolute atomic E-state index is 0.150. The van der Waals surface area contributed by atoms with E-state index in [9.17, 15) is 25.2 Å². The fourth-order valence-electron chi connectivity index (χ4n) is 9.66. The maximum Gasteiger partial charge on any atom is 0.168 e. The summed E-state index contributed by atoms with van der Waals surface area (Å²) in [5, 5.41) is 52.3. The number of nitrogens with zero attached hydrogens (tertiary/aromatic N) is 8. The van der Waals surface area contributed by atoms with E-state index in [4.69, 9.17) is 34.6 Å². The minimum Gasteiger partial charge on any atom is -0.387 e. The molecule has 2 saturated carbocycles. The normalized spacial score (nSPS) is 24.3. The van der Waals surface area contributed by atoms with Gasteiger partial charge in [-0.15, -0.1) is 0 Å². The Hall–Kier alpha value is -5.59. The van der Waals surface area contributed by atoms with E-state index in [2.05, 4.69) is 60.2 Å². The van der Waals surface area contributed by atoms with Crippen LogP contribution in [0.4, 0.5) is 11.6 Å². The van der Waals surface area contributed by atoms with Crippen LogP contribution in [0.1, 0.15) is 99.4 Å². The highest BCUT2D eigenvalue weighted by Gasteiger charge is 2.45. The number of nitrogens with one attached hydrogen (secondary N) is 3. The van der Waals surface area contributed by atoms with Gasteiger partial charge in [-0.3, -0.25) is 13.9 Å². The van der Waals surface area contributed by atoms with Crippen molar-refractivity contribution >= 4 is 39.7 Å². The van der Waals surface area contributed by atoms with Crippen molar-refractivity contribution in [2.75, 3.05) is 51.2 Å². The Labute approximate surface area is 425 Å². The number of hydrogen-bond acceptors (Lipinski definition) is 19. The number of aromatic nitrogens is 8. The molecule has 6 aromatic rings. The first kappa shape index (κ1) is 53.7. The van der Waals surface area contributed by atoms with Gasteiger partial charge in [-0.05, 0) is 49.7 Å². The molecule has 0 unspecified atom stereocenters. The zero-order valence-corrected chi connectivity index (χ0v) is 41.8. The highest BCUT2D eigenvalue weighted by molar-refractivity contribution is 5.84. The van der Waals surface area contributed by atoms with Gasteiger partial charge < -0.3 is 61.1 Å². The summed E-state index contributed by atoms with van der Waals surface area (Å²) < 4.78 is 25.3. The molecule has 0 radical (unpaired) electrons. The molecule has 2 aromatic carbocycles. The van der Waals surface area contributed by atoms with Crippen LogP contribution in [0.2, 0.25) is 0 Å². The maximum absolute atomic E-state index is 10.7. The predicted octanol–water partition coefficient (Wildman–Crippen LogP) is 3.89. The molecule has 6 heterocycles. The third kappa shape index (κ3) is 13.8. The van der Waals surface area contributed by atoms with Gasteiger partial charge in [0.15, 0.2) is 46.4 Å². The van der Waals surface area contributed by atoms with Crippen molar-refractivity contribution in [2.45, 2.75) is 145 Å². The number of nitrogens with two attached hydrogens (primary N) is 1. The number of aliphatic hydroxyl groups excluding tert-OH is 4. The minimum atomic E-state index is -1.15. The van der Waals surface area contributed by atoms with E-state index in [0.717, 1.165) is 38.5 Å². The molecule has 2 saturated heterocycles. The Morgan fingerprint density at radius 2 is 1.10 bits per heavy atom. The second kappa shape index (κ2) is 26.6. The standard InChI is InChI=1S/C26H36N6O4.C20H26N6O4.C6H10O/c1-35-15-19-22(33)23(34)26(36-19)32-16-29-21-24(27-13-12-17-8-4-2-5-9-17)30-20(31-25(21)32)14-28-18-10-6-3-7-11-18;1-29-10-13-16(27)17(28)20(30-13)26-11-23-15-18(24-14(9-21)25-19(15)26)22-8-7-12-5-3-2-4-6-12;7-6-4-2-1-3-5-6/h2,4-5,8-9,16,18-19,22-23,26,28,33-34H,3,6-7,10-15H2,1H3,(H,27,30,31);2-6,11,13,16-17,20,27-28H,7-10,21H2,1H3,(H,22,24,25);1-5H2/t19-,22-,23-,26-;13-,16-,17-,20-;/m11./s1. The number of hydrogen-bond donors (Lipinski definition) is 8. The molecule has 9 N–H and O–H groups in total. The molecule has 0 amide bonds. The summed E-state index contributed by atoms with van der Waals surface area (Å²) in [4.78, 5) is 38.0. The van der Waals surface area contributed by atoms with Gasteiger partial charge in [0.25, 0.3) is 0 Å². The van der Waals surface area contributed by atoms with E-state index in [0.29, 0.717) is 77.1 Å². The average Bonchev–Trinajstić information content (AvgIpc) is 4.18. The van der Waals surface area contributed by atoms with Crippen LogP contribution in [0.3, 0.4) is 0 Å². The first-order chi connectivity index (χ1) is 35.6. The summed E-state index contributed by atoms with van der Waals surface area (Å²) in [6, 6.07) is 20.9. The first-order valence-corrected chi connectivity index (χ1v) is 25.6. The van der Waals surface area contributed by atoms with Crippen molar-refractivity contribution in [3.63, 3.8) is 0 Å². The van der Waals surface area contributed by atoms with E-state index in [-0.39, 0.29) is 19.8 Å². The smallest absolute Gasteiger partial charge is 0.168 e. The lowest BCUT2D eigenvalue weighted by Crippen LogP contribution is -2.33. The topological polar surface area (TPSA) is 284 Å². The van der Waals surface area contributed by atoms with E-state index >= 15 is 0 Å². The first-order valence-electron chi connectivity index (χ1n) is 25.6. The molecule has 4 aromatic heterocycles. The van der Waals surface area contributed by atoms with Crippen molar-refractivity contribution in [1.29, 1.82) is 0 Å². The number of carbonyl (C=O) groups excluding carboxylic acids is 1. The number of ether oxygens (including phenoxy) is 4. The van der Waals surface area contributed by atoms with Gasteiger partial charge in [-0.25, -0.2) is 29.9 Å². The number of anilines is 2. The molecule has 0 bridgehead atoms. The molecule has 0 spiro atoms. The summed E-state index contributed by atoms with van der Waals surface area (Å²) in [7, 11) is 3.05. The number of Topliss-reactive ketones (excluding diaryl/α,β-unsaturated/α-hetero) is 1. The molecule has 8 atom stereocenters. The second-order valence-electron chi connectivity index (χ2n) is 19.0. The molecule has 21 nitrogen and oxygen atoms in total. The molecule has 10 rings (SSSR count). The van der Waals surface area contributed by atoms with Crippen LogP contribution < -0.4 is 21.7 Å². The molecular formula is C52H72N12O9. The van der Waals surface area contributed by atoms with Gasteiger partial charge in [0.1, 0.15) is 54.1 Å². The number of benzene rings is 2. The predicted molar refractivity (Wildman–Crippen MR) is 273 cm³/mol. The van der Waals surface area contributed by atoms with Crippen molar-refractivity contribution in [2.24, 2.45) is 5.73 Å². The molecule has 73 heavy (non-hydrogen) atoms. The summed E-state index contributed by atoms with van der Waals surface area (Å²) in [5.41, 5.74) is 10.4. The van der Waals surface area contributed by atoms with Gasteiger partial charge in [-0.1, -0.05) is 86.3 Å². The van der Waals surface area contributed by atoms with E-state index < -0.39 is 49.1 Å². The second-order valence-corrected chi connectivity index (χ2v) is 19.0. The summed E-state index contributed by atoms with van der Waals surface area (Å²) in [5.74, 6) is 2.77. The number of ketones is 1. The lowest BCUT2D eigenvalue weighted by molar-refractivity contribution is -0.120. The summed E-state index contributed by atoms with van der Waals surface area (Å²) >= 11 is 0. The number of aliphatic hydroxyl groups is 4. The fourth-order valence-corrected chi connectivity index (χ4v) is 9.66. The van der Waals surface area contributed by atoms with Crippen LogP contribution in [-0.2, 0) is 49.7 Å². The number of imidazole rings is 2. The van der Waals surface area contributed by atoms with Crippen molar-refractivity contribution < 1.29 is 44.2 Å². The van der Waals surface area contributed by atoms with Gasteiger partial charge in [0.05, 0.1) is 39.0 Å². The van der Waals surface area contributed by atoms with Crippen LogP contribution in [0.15, 0.2) is 73.3 Å². The number of fused-ring (bicyclic) bond motifs is 2. The van der Waals surface area contributed by atoms with Gasteiger partial charge >= 0.3 is 0 Å². The summed E-state index contributed by atoms with van der Waals surface area (Å²) in [6.07, 6.45) is 8.80. The average molecular weight is 1010 g/mol. The van der Waals surface area contributed by atoms with Gasteiger partial charge in [-0.2, -0.15) is 0 Å². The molecule has 2 aliphatic heterocycles. The van der Waals surface area contributed by atoms with Crippen LogP contribution in [0.5, 0.6) is 0 Å². The monoisotopic (exact) mass is 1010 g/mol. The van der Waals surface area contributed by atoms with Crippen LogP contribution in [-0.4, -0.2) is 148 Å². The molecule has 394 valence electrons. The molecule has 2 aliphatic carbocycles. The fraction of sp³-hybridized carbons (Fsp3) is 0.558. The molecule has 4 aliphatic rings. The van der Waals surface area contributed by atoms with Gasteiger partial charge in [0, 0.05) is 46.2 Å². The Bertz CT molecular complexity index is 2630. The molecule has 21 heteroatoms. The maximum atomic E-state index is 10.7. The third-order valence-electron chi connectivity index (χ3n) is 13.7. The largest absolute Gasteiger partial charge is 0.387 e. The highest BCUT2D eigenvalue weighted by atomic mass is 16.6. The van der Waals surface area contributed by atoms with Crippen molar-refractivity contribution in [3.8, 4) is 0 Å². The van der Waals surface area contributed by atoms with Crippen LogP contribution in [0, 0.1) is 0 Å². The SMILES string of the molecule is COC[C@H]1O[C@@H](n2cnc3c(NCCc4ccccc4)nc(CN)nc32)[C@H](O)[C@@H]1O.COC[C@H]1O[C@@H](n2cnc3c(NCCc4ccccc4)nc(CNC4CCCCC4)nc32)[C@H](O)[C@@H]1O.O=C1CCCCC1. The highest BCUT2D eigenvalue weighted by Crippen LogP contribution is 2.34. The summed E-state index contributed by atoms with van der Waals surface area (Å²) in [6.45, 7) is 2.38. The Morgan fingerprint density at radius 1 is 0.630 bits per heavy atom. The number of methoxy groups -OCH3 is 2. The van der Waals surface area contributed by atoms with E-state index in [1.165, 1.54) is 70.2 Å². The number of carbonyl (C=O) groups is 1. The third-order valence-corrected chi connectivity index (χ3v) is 13.7. The van der Waals surface area contributed by atoms with Crippen LogP contribution >= 0.6 is 0 Å². The lowest BCUT2D eigenvalue weighted by atomic mass is 9.95. The quantitative estimate of drug-likeness (QED) is 0.0606. The number of rotatable bonds is 18. The zero-order chi connectivity index (χ0) is 51.1. The van der Waals surface area contributed by atoms with E-state index in [1.54, 1.807) is 15.5 Å². The lowest BCUT2D eigenvalue weighted by Gasteiger charge is -2.22. The van der Waals surface area contributed by atoms with E-state index in [1.807, 2.05) is 36.4 Å². The Kier molecular flexibility index (Phi) is 19.5. The molecule has 4 fully saturated rings. The van der Waals surface area contributed by atoms with Crippen molar-refractivity contribution in [1.82, 2.24) is 44.4 Å². The zero-order valence-electron chi connectivity index (χ0n) is 41.8. The Balaban J connectivity index is 0.000000174. The van der Waals surface area contributed by atoms with Crippen molar-refractivity contribution in [3.05, 3.63) is 96.1 Å².